The highest BCUT2D eigenvalue weighted by Crippen LogP contribution is 2.43. The normalized spacial score (nSPS) is 14.3. The number of aliphatic hydroxyl groups is 1. The third-order valence-corrected chi connectivity index (χ3v) is 14.2. The lowest BCUT2D eigenvalue weighted by atomic mass is 10.0. The molecular weight excluding hydrogens is 888 g/mol. The molecule has 0 aliphatic heterocycles. The first-order valence-corrected chi connectivity index (χ1v) is 31.2. The summed E-state index contributed by atoms with van der Waals surface area (Å²) in [6, 6.07) is -0.869. The molecule has 0 aromatic heterocycles. The van der Waals surface area contributed by atoms with Crippen molar-refractivity contribution in [1.29, 1.82) is 0 Å². The van der Waals surface area contributed by atoms with Gasteiger partial charge in [0, 0.05) is 6.42 Å². The maximum absolute atomic E-state index is 13.0. The average Bonchev–Trinajstić information content (AvgIpc) is 3.32. The number of likely N-dealkylation sites (N-methyl/N-ethyl adjacent to an activating group) is 1. The van der Waals surface area contributed by atoms with Gasteiger partial charge < -0.3 is 19.8 Å². The van der Waals surface area contributed by atoms with E-state index in [1.165, 1.54) is 199 Å². The number of phosphoric ester groups is 1. The molecule has 9 heteroatoms. The Bertz CT molecular complexity index is 1320. The van der Waals surface area contributed by atoms with Gasteiger partial charge in [-0.1, -0.05) is 254 Å². The molecule has 70 heavy (non-hydrogen) atoms. The van der Waals surface area contributed by atoms with Crippen LogP contribution in [0.2, 0.25) is 0 Å². The molecule has 0 aliphatic rings. The number of carbonyl (C=O) groups is 1. The van der Waals surface area contributed by atoms with E-state index in [4.69, 9.17) is 9.05 Å². The quantitative estimate of drug-likeness (QED) is 0.0243. The van der Waals surface area contributed by atoms with Crippen molar-refractivity contribution in [2.75, 3.05) is 40.9 Å². The summed E-state index contributed by atoms with van der Waals surface area (Å²) in [5, 5.41) is 13.9. The topological polar surface area (TPSA) is 105 Å². The highest BCUT2D eigenvalue weighted by Gasteiger charge is 2.27. The van der Waals surface area contributed by atoms with Gasteiger partial charge >= 0.3 is 7.82 Å². The van der Waals surface area contributed by atoms with Crippen LogP contribution in [-0.2, 0) is 18.4 Å². The highest BCUT2D eigenvalue weighted by atomic mass is 31.2. The summed E-state index contributed by atoms with van der Waals surface area (Å²) in [6.07, 6.45) is 70.4. The zero-order valence-corrected chi connectivity index (χ0v) is 47.7. The number of quaternary nitrogens is 1. The molecule has 3 N–H and O–H groups in total. The number of amides is 1. The first kappa shape index (κ1) is 68.2. The second-order valence-electron chi connectivity index (χ2n) is 21.4. The van der Waals surface area contributed by atoms with Crippen molar-refractivity contribution in [2.24, 2.45) is 0 Å². The monoisotopic (exact) mass is 1000 g/mol. The van der Waals surface area contributed by atoms with Crippen LogP contribution in [0.4, 0.5) is 0 Å². The summed E-state index contributed by atoms with van der Waals surface area (Å²) in [7, 11) is 1.55. The van der Waals surface area contributed by atoms with Crippen molar-refractivity contribution in [3.8, 4) is 0 Å². The van der Waals surface area contributed by atoms with E-state index in [0.29, 0.717) is 17.4 Å². The van der Waals surface area contributed by atoms with Gasteiger partial charge in [0.05, 0.1) is 39.9 Å². The van der Waals surface area contributed by atoms with Crippen LogP contribution in [0.1, 0.15) is 271 Å². The number of hydrogen-bond donors (Lipinski definition) is 3. The fourth-order valence-corrected chi connectivity index (χ4v) is 9.27. The summed E-state index contributed by atoms with van der Waals surface area (Å²) < 4.78 is 23.7. The summed E-state index contributed by atoms with van der Waals surface area (Å²) in [5.74, 6) is -0.190. The van der Waals surface area contributed by atoms with Gasteiger partial charge in [-0.25, -0.2) is 4.57 Å². The number of rotatable bonds is 54. The van der Waals surface area contributed by atoms with Crippen LogP contribution >= 0.6 is 7.82 Å². The maximum atomic E-state index is 13.0. The Hall–Kier alpha value is -1.80. The van der Waals surface area contributed by atoms with Gasteiger partial charge in [-0.15, -0.1) is 0 Å². The molecular formula is C61H116N2O6P+. The highest BCUT2D eigenvalue weighted by molar-refractivity contribution is 7.47. The summed E-state index contributed by atoms with van der Waals surface area (Å²) in [5.41, 5.74) is 0. The molecule has 410 valence electrons. The number of nitrogens with one attached hydrogen (secondary N) is 1. The summed E-state index contributed by atoms with van der Waals surface area (Å²) in [6.45, 7) is 4.80. The molecule has 0 spiro atoms. The molecule has 0 saturated carbocycles. The van der Waals surface area contributed by atoms with Crippen molar-refractivity contribution in [3.63, 3.8) is 0 Å². The number of unbranched alkanes of at least 4 members (excludes halogenated alkanes) is 33. The van der Waals surface area contributed by atoms with Crippen LogP contribution in [0.15, 0.2) is 60.8 Å². The van der Waals surface area contributed by atoms with Gasteiger partial charge in [-0.3, -0.25) is 13.8 Å². The van der Waals surface area contributed by atoms with E-state index >= 15 is 0 Å². The lowest BCUT2D eigenvalue weighted by molar-refractivity contribution is -0.870. The summed E-state index contributed by atoms with van der Waals surface area (Å²) in [4.78, 5) is 23.3. The molecule has 0 aromatic rings. The van der Waals surface area contributed by atoms with E-state index in [2.05, 4.69) is 67.8 Å². The van der Waals surface area contributed by atoms with Crippen molar-refractivity contribution in [2.45, 2.75) is 283 Å². The predicted octanol–water partition coefficient (Wildman–Crippen LogP) is 18.1. The molecule has 8 nitrogen and oxygen atoms in total. The van der Waals surface area contributed by atoms with E-state index in [1.54, 1.807) is 6.08 Å². The van der Waals surface area contributed by atoms with Crippen LogP contribution in [0, 0.1) is 0 Å². The zero-order valence-electron chi connectivity index (χ0n) is 46.8. The maximum Gasteiger partial charge on any atom is 0.472 e. The largest absolute Gasteiger partial charge is 0.472 e. The standard InChI is InChI=1S/C61H115N2O6P/c1-6-8-10-12-14-16-18-20-22-24-26-28-30-31-33-35-37-39-41-43-45-47-49-51-53-55-61(65)62-59(58-69-70(66,67)68-57-56-63(3,4)5)60(64)54-52-50-48-46-44-42-40-38-36-34-32-29-27-25-23-21-19-17-15-13-11-9-7-2/h18,20,24,26,30-31,44,46,52,54,59-60,64H,6-17,19,21-23,25,27-29,32-43,45,47-51,53,55-58H2,1-5H3,(H-,62,65,66,67)/p+1/b20-18-,26-24-,31-30-,46-44+,54-52+. The van der Waals surface area contributed by atoms with E-state index in [9.17, 15) is 19.4 Å². The Kier molecular flexibility index (Phi) is 50.7. The molecule has 0 bridgehead atoms. The second-order valence-corrected chi connectivity index (χ2v) is 22.8. The summed E-state index contributed by atoms with van der Waals surface area (Å²) >= 11 is 0. The third-order valence-electron chi connectivity index (χ3n) is 13.2. The number of phosphoric acid groups is 1. The average molecular weight is 1000 g/mol. The van der Waals surface area contributed by atoms with Crippen molar-refractivity contribution >= 4 is 13.7 Å². The zero-order chi connectivity index (χ0) is 51.3. The van der Waals surface area contributed by atoms with Crippen LogP contribution in [0.25, 0.3) is 0 Å². The van der Waals surface area contributed by atoms with E-state index in [-0.39, 0.29) is 19.1 Å². The van der Waals surface area contributed by atoms with Crippen LogP contribution in [-0.4, -0.2) is 73.4 Å². The number of hydrogen-bond acceptors (Lipinski definition) is 5. The van der Waals surface area contributed by atoms with Gasteiger partial charge in [-0.2, -0.15) is 0 Å². The molecule has 0 aliphatic carbocycles. The number of carbonyl (C=O) groups excluding carboxylic acids is 1. The third kappa shape index (κ3) is 54.0. The molecule has 0 fully saturated rings. The lowest BCUT2D eigenvalue weighted by Crippen LogP contribution is -2.45. The molecule has 0 heterocycles. The molecule has 3 unspecified atom stereocenters. The number of allylic oxidation sites excluding steroid dienone is 9. The SMILES string of the molecule is CCCCCCC/C=C\C/C=C\C/C=C\CCCCCCCCCCCCC(=O)NC(COP(=O)(O)OCC[N+](C)(C)C)C(O)/C=C/CC/C=C/CCCCCCCCCCCCCCCCCCC. The van der Waals surface area contributed by atoms with Crippen molar-refractivity contribution in [3.05, 3.63) is 60.8 Å². The Morgan fingerprint density at radius 2 is 0.829 bits per heavy atom. The minimum absolute atomic E-state index is 0.0537. The predicted molar refractivity (Wildman–Crippen MR) is 304 cm³/mol. The van der Waals surface area contributed by atoms with Crippen molar-refractivity contribution in [1.82, 2.24) is 5.32 Å². The van der Waals surface area contributed by atoms with Crippen molar-refractivity contribution < 1.29 is 32.9 Å². The minimum Gasteiger partial charge on any atom is -0.387 e. The molecule has 3 atom stereocenters. The van der Waals surface area contributed by atoms with E-state index in [1.807, 2.05) is 27.2 Å². The number of nitrogens with zero attached hydrogens (tertiary/aromatic N) is 1. The fourth-order valence-electron chi connectivity index (χ4n) is 8.54. The molecule has 0 rings (SSSR count). The lowest BCUT2D eigenvalue weighted by Gasteiger charge is -2.25. The Labute approximate surface area is 434 Å². The van der Waals surface area contributed by atoms with Gasteiger partial charge in [0.15, 0.2) is 0 Å². The van der Waals surface area contributed by atoms with Gasteiger partial charge in [-0.05, 0) is 70.6 Å². The Morgan fingerprint density at radius 1 is 0.486 bits per heavy atom. The van der Waals surface area contributed by atoms with E-state index < -0.39 is 20.0 Å². The van der Waals surface area contributed by atoms with Gasteiger partial charge in [0.25, 0.3) is 0 Å². The van der Waals surface area contributed by atoms with E-state index in [0.717, 1.165) is 51.4 Å². The van der Waals surface area contributed by atoms with Crippen LogP contribution in [0.3, 0.4) is 0 Å². The number of aliphatic hydroxyl groups excluding tert-OH is 1. The van der Waals surface area contributed by atoms with Crippen LogP contribution in [0.5, 0.6) is 0 Å². The molecule has 0 aromatic carbocycles. The smallest absolute Gasteiger partial charge is 0.387 e. The minimum atomic E-state index is -4.36. The Morgan fingerprint density at radius 3 is 1.24 bits per heavy atom. The van der Waals surface area contributed by atoms with Gasteiger partial charge in [0.1, 0.15) is 13.2 Å². The molecule has 1 amide bonds. The first-order chi connectivity index (χ1) is 34.0. The Balaban J connectivity index is 4.26. The molecule has 0 radical (unpaired) electrons. The van der Waals surface area contributed by atoms with Crippen LogP contribution < -0.4 is 5.32 Å². The molecule has 0 saturated heterocycles. The van der Waals surface area contributed by atoms with Gasteiger partial charge in [0.2, 0.25) is 5.91 Å². The first-order valence-electron chi connectivity index (χ1n) is 29.7. The fraction of sp³-hybridized carbons (Fsp3) is 0.820. The second kappa shape index (κ2) is 52.1.